The average Bonchev–Trinajstić information content (AvgIpc) is 2.19. The summed E-state index contributed by atoms with van der Waals surface area (Å²) in [6.45, 7) is 2.57. The number of pyridine rings is 1. The predicted molar refractivity (Wildman–Crippen MR) is 52.7 cm³/mol. The lowest BCUT2D eigenvalue weighted by Gasteiger charge is -2.14. The van der Waals surface area contributed by atoms with Crippen molar-refractivity contribution in [2.24, 2.45) is 0 Å². The zero-order valence-electron chi connectivity index (χ0n) is 8.24. The number of nitrogens with one attached hydrogen (secondary N) is 1. The van der Waals surface area contributed by atoms with Crippen LogP contribution in [0.1, 0.15) is 12.5 Å². The molecule has 0 fully saturated rings. The van der Waals surface area contributed by atoms with E-state index in [0.29, 0.717) is 12.2 Å². The number of nitrogens with zero attached hydrogens (tertiary/aromatic N) is 2. The van der Waals surface area contributed by atoms with Gasteiger partial charge in [-0.1, -0.05) is 0 Å². The first-order valence-corrected chi connectivity index (χ1v) is 4.29. The van der Waals surface area contributed by atoms with Crippen molar-refractivity contribution in [2.45, 2.75) is 13.0 Å². The highest BCUT2D eigenvalue weighted by atomic mass is 16.5. The van der Waals surface area contributed by atoms with E-state index in [1.807, 2.05) is 6.92 Å². The Morgan fingerprint density at radius 3 is 3.21 bits per heavy atom. The number of hydrogen-bond donors (Lipinski definition) is 1. The van der Waals surface area contributed by atoms with Crippen LogP contribution >= 0.6 is 0 Å². The molecule has 0 saturated heterocycles. The smallest absolute Gasteiger partial charge is 0.103 e. The maximum absolute atomic E-state index is 8.79. The van der Waals surface area contributed by atoms with Gasteiger partial charge in [-0.2, -0.15) is 5.26 Å². The van der Waals surface area contributed by atoms with Crippen LogP contribution in [0.3, 0.4) is 0 Å². The van der Waals surface area contributed by atoms with E-state index in [9.17, 15) is 0 Å². The number of nitriles is 1. The highest BCUT2D eigenvalue weighted by Gasteiger charge is 2.05. The quantitative estimate of drug-likeness (QED) is 0.775. The maximum Gasteiger partial charge on any atom is 0.103 e. The number of aromatic nitrogens is 1. The first kappa shape index (κ1) is 10.5. The molecule has 0 aliphatic rings. The normalized spacial score (nSPS) is 11.8. The van der Waals surface area contributed by atoms with Gasteiger partial charge in [-0.15, -0.1) is 0 Å². The molecule has 0 bridgehead atoms. The summed E-state index contributed by atoms with van der Waals surface area (Å²) in [6.07, 6.45) is 4.17. The summed E-state index contributed by atoms with van der Waals surface area (Å²) in [7, 11) is 1.64. The maximum atomic E-state index is 8.79. The van der Waals surface area contributed by atoms with Crippen LogP contribution < -0.4 is 5.32 Å². The molecule has 0 amide bonds. The van der Waals surface area contributed by atoms with Gasteiger partial charge in [0.05, 0.1) is 24.1 Å². The van der Waals surface area contributed by atoms with Crippen molar-refractivity contribution in [1.82, 2.24) is 4.98 Å². The van der Waals surface area contributed by atoms with Crippen LogP contribution in [0.5, 0.6) is 0 Å². The Kier molecular flexibility index (Phi) is 3.89. The molecule has 1 radical (unpaired) electrons. The number of ether oxygens (including phenoxy) is 1. The van der Waals surface area contributed by atoms with Gasteiger partial charge < -0.3 is 10.1 Å². The lowest BCUT2D eigenvalue weighted by Crippen LogP contribution is -2.21. The van der Waals surface area contributed by atoms with Crippen molar-refractivity contribution in [2.75, 3.05) is 19.0 Å². The van der Waals surface area contributed by atoms with Gasteiger partial charge in [0.15, 0.2) is 0 Å². The third kappa shape index (κ3) is 2.71. The Bertz CT molecular complexity index is 332. The van der Waals surface area contributed by atoms with E-state index in [4.69, 9.17) is 10.00 Å². The van der Waals surface area contributed by atoms with E-state index < -0.39 is 0 Å². The second kappa shape index (κ2) is 5.20. The largest absolute Gasteiger partial charge is 0.383 e. The van der Waals surface area contributed by atoms with Crippen molar-refractivity contribution < 1.29 is 4.74 Å². The van der Waals surface area contributed by atoms with Gasteiger partial charge in [0, 0.05) is 19.3 Å². The molecule has 0 aliphatic carbocycles. The molecule has 4 heteroatoms. The highest BCUT2D eigenvalue weighted by molar-refractivity contribution is 5.55. The van der Waals surface area contributed by atoms with Gasteiger partial charge in [0.25, 0.3) is 0 Å². The molecule has 0 unspecified atom stereocenters. The molecule has 1 aromatic rings. The molecule has 0 aromatic carbocycles. The molecule has 1 atom stereocenters. The Balaban J connectivity index is 2.71. The lowest BCUT2D eigenvalue weighted by atomic mass is 10.2. The Morgan fingerprint density at radius 1 is 1.79 bits per heavy atom. The van der Waals surface area contributed by atoms with Gasteiger partial charge in [-0.25, -0.2) is 0 Å². The fraction of sp³-hybridized carbons (Fsp3) is 0.400. The van der Waals surface area contributed by atoms with Crippen molar-refractivity contribution >= 4 is 5.69 Å². The summed E-state index contributed by atoms with van der Waals surface area (Å²) in [5.74, 6) is 0. The standard InChI is InChI=1S/C10H12N3O/c1-8(7-14-2)13-10-3-4-12-6-9(10)5-11/h3,6,8H,7H2,1-2H3,(H,12,13)/t8-/m1/s1. The lowest BCUT2D eigenvalue weighted by molar-refractivity contribution is 0.190. The van der Waals surface area contributed by atoms with Gasteiger partial charge in [-0.05, 0) is 13.0 Å². The van der Waals surface area contributed by atoms with Crippen molar-refractivity contribution in [3.05, 3.63) is 24.0 Å². The molecule has 1 rings (SSSR count). The number of rotatable bonds is 4. The summed E-state index contributed by atoms with van der Waals surface area (Å²) in [4.78, 5) is 3.75. The molecular formula is C10H12N3O. The predicted octanol–water partition coefficient (Wildman–Crippen LogP) is 1.20. The number of anilines is 1. The van der Waals surface area contributed by atoms with Crippen molar-refractivity contribution in [3.8, 4) is 6.07 Å². The molecule has 73 valence electrons. The first-order valence-electron chi connectivity index (χ1n) is 4.29. The zero-order valence-corrected chi connectivity index (χ0v) is 8.24. The third-order valence-corrected chi connectivity index (χ3v) is 1.71. The van der Waals surface area contributed by atoms with Gasteiger partial charge >= 0.3 is 0 Å². The summed E-state index contributed by atoms with van der Waals surface area (Å²) in [6, 6.07) is 3.87. The fourth-order valence-electron chi connectivity index (χ4n) is 1.12. The average molecular weight is 190 g/mol. The number of methoxy groups -OCH3 is 1. The molecule has 1 aromatic heterocycles. The van der Waals surface area contributed by atoms with Crippen LogP contribution in [-0.4, -0.2) is 24.7 Å². The van der Waals surface area contributed by atoms with Crippen molar-refractivity contribution in [3.63, 3.8) is 0 Å². The van der Waals surface area contributed by atoms with Gasteiger partial charge in [-0.3, -0.25) is 4.98 Å². The Hall–Kier alpha value is -1.60. The summed E-state index contributed by atoms with van der Waals surface area (Å²) >= 11 is 0. The topological polar surface area (TPSA) is 57.9 Å². The van der Waals surface area contributed by atoms with Gasteiger partial charge in [0.2, 0.25) is 0 Å². The molecule has 1 heterocycles. The second-order valence-electron chi connectivity index (χ2n) is 2.97. The van der Waals surface area contributed by atoms with E-state index in [-0.39, 0.29) is 6.04 Å². The minimum atomic E-state index is 0.155. The SMILES string of the molecule is COC[C@@H](C)Nc1c[c]ncc1C#N. The summed E-state index contributed by atoms with van der Waals surface area (Å²) in [5, 5.41) is 11.9. The molecule has 14 heavy (non-hydrogen) atoms. The van der Waals surface area contributed by atoms with Crippen LogP contribution in [0.4, 0.5) is 5.69 Å². The number of hydrogen-bond acceptors (Lipinski definition) is 4. The van der Waals surface area contributed by atoms with Crippen LogP contribution in [0.2, 0.25) is 0 Å². The molecule has 0 saturated carbocycles. The van der Waals surface area contributed by atoms with E-state index in [1.54, 1.807) is 13.2 Å². The molecule has 1 N–H and O–H groups in total. The molecule has 0 aliphatic heterocycles. The van der Waals surface area contributed by atoms with E-state index in [2.05, 4.69) is 22.6 Å². The van der Waals surface area contributed by atoms with Gasteiger partial charge in [0.1, 0.15) is 6.07 Å². The van der Waals surface area contributed by atoms with Crippen LogP contribution in [-0.2, 0) is 4.74 Å². The Labute approximate surface area is 83.5 Å². The summed E-state index contributed by atoms with van der Waals surface area (Å²) in [5.41, 5.74) is 1.26. The van der Waals surface area contributed by atoms with E-state index >= 15 is 0 Å². The van der Waals surface area contributed by atoms with Crippen molar-refractivity contribution in [1.29, 1.82) is 5.26 Å². The highest BCUT2D eigenvalue weighted by Crippen LogP contribution is 2.12. The van der Waals surface area contributed by atoms with Crippen LogP contribution in [0, 0.1) is 17.5 Å². The minimum Gasteiger partial charge on any atom is -0.383 e. The fourth-order valence-corrected chi connectivity index (χ4v) is 1.12. The van der Waals surface area contributed by atoms with Crippen LogP contribution in [0.25, 0.3) is 0 Å². The molecule has 4 nitrogen and oxygen atoms in total. The first-order chi connectivity index (χ1) is 6.77. The minimum absolute atomic E-state index is 0.155. The second-order valence-corrected chi connectivity index (χ2v) is 2.97. The summed E-state index contributed by atoms with van der Waals surface area (Å²) < 4.78 is 4.98. The molecule has 0 spiro atoms. The zero-order chi connectivity index (χ0) is 10.4. The van der Waals surface area contributed by atoms with Crippen LogP contribution in [0.15, 0.2) is 12.3 Å². The van der Waals surface area contributed by atoms with E-state index in [1.165, 1.54) is 6.20 Å². The monoisotopic (exact) mass is 190 g/mol. The third-order valence-electron chi connectivity index (χ3n) is 1.71. The van der Waals surface area contributed by atoms with E-state index in [0.717, 1.165) is 5.69 Å². The molecular weight excluding hydrogens is 178 g/mol. The Morgan fingerprint density at radius 2 is 2.57 bits per heavy atom.